The zero-order chi connectivity index (χ0) is 23.8. The van der Waals surface area contributed by atoms with Gasteiger partial charge in [0.05, 0.1) is 15.5 Å². The highest BCUT2D eigenvalue weighted by Gasteiger charge is 2.22. The number of nitrogens with one attached hydrogen (secondary N) is 1. The van der Waals surface area contributed by atoms with Crippen LogP contribution in [-0.2, 0) is 10.0 Å². The van der Waals surface area contributed by atoms with E-state index in [-0.39, 0.29) is 16.6 Å². The van der Waals surface area contributed by atoms with Crippen molar-refractivity contribution in [2.24, 2.45) is 0 Å². The van der Waals surface area contributed by atoms with Gasteiger partial charge in [-0.1, -0.05) is 28.1 Å². The topological polar surface area (TPSA) is 83.6 Å². The lowest BCUT2D eigenvalue weighted by Crippen LogP contribution is -2.26. The molecule has 1 aromatic heterocycles. The summed E-state index contributed by atoms with van der Waals surface area (Å²) in [6, 6.07) is 20.2. The molecule has 0 aliphatic rings. The maximum Gasteiger partial charge on any atom is 0.265 e. The lowest BCUT2D eigenvalue weighted by atomic mass is 10.1. The van der Waals surface area contributed by atoms with Crippen molar-refractivity contribution in [1.82, 2.24) is 0 Å². The van der Waals surface area contributed by atoms with Crippen LogP contribution < -0.4 is 9.62 Å². The van der Waals surface area contributed by atoms with Crippen LogP contribution >= 0.6 is 27.3 Å². The zero-order valence-corrected chi connectivity index (χ0v) is 20.9. The summed E-state index contributed by atoms with van der Waals surface area (Å²) in [7, 11) is -2.23. The summed E-state index contributed by atoms with van der Waals surface area (Å²) in [6.45, 7) is 1.47. The molecule has 6 nitrogen and oxygen atoms in total. The molecule has 0 radical (unpaired) electrons. The number of hydrogen-bond donors (Lipinski definition) is 1. The molecular formula is C24H19BrN2O4S2. The van der Waals surface area contributed by atoms with Gasteiger partial charge < -0.3 is 5.32 Å². The molecule has 0 atom stereocenters. The zero-order valence-electron chi connectivity index (χ0n) is 17.7. The molecule has 0 aliphatic carbocycles. The minimum absolute atomic E-state index is 0.0808. The second kappa shape index (κ2) is 9.09. The van der Waals surface area contributed by atoms with Crippen molar-refractivity contribution >= 4 is 70.4 Å². The summed E-state index contributed by atoms with van der Waals surface area (Å²) in [5, 5.41) is 3.57. The predicted octanol–water partition coefficient (Wildman–Crippen LogP) is 5.94. The first-order valence-electron chi connectivity index (χ1n) is 9.85. The second-order valence-electron chi connectivity index (χ2n) is 7.35. The Balaban J connectivity index is 1.59. The van der Waals surface area contributed by atoms with E-state index in [1.165, 1.54) is 29.6 Å². The summed E-state index contributed by atoms with van der Waals surface area (Å²) in [4.78, 5) is 25.0. The van der Waals surface area contributed by atoms with E-state index in [1.54, 1.807) is 72.8 Å². The quantitative estimate of drug-likeness (QED) is 0.305. The van der Waals surface area contributed by atoms with E-state index in [0.717, 1.165) is 14.6 Å². The van der Waals surface area contributed by atoms with Crippen LogP contribution in [0.3, 0.4) is 0 Å². The van der Waals surface area contributed by atoms with Crippen LogP contribution in [-0.4, -0.2) is 27.2 Å². The molecule has 168 valence electrons. The molecule has 0 spiro atoms. The van der Waals surface area contributed by atoms with Gasteiger partial charge in [-0.15, -0.1) is 11.3 Å². The smallest absolute Gasteiger partial charge is 0.265 e. The van der Waals surface area contributed by atoms with Crippen LogP contribution in [0.5, 0.6) is 0 Å². The molecule has 0 bridgehead atoms. The lowest BCUT2D eigenvalue weighted by molar-refractivity contribution is 0.101. The van der Waals surface area contributed by atoms with Crippen LogP contribution in [0.1, 0.15) is 27.0 Å². The van der Waals surface area contributed by atoms with Crippen molar-refractivity contribution in [2.75, 3.05) is 16.7 Å². The fraction of sp³-hybridized carbons (Fsp3) is 0.0833. The maximum absolute atomic E-state index is 13.0. The molecule has 4 rings (SSSR count). The molecule has 0 aliphatic heterocycles. The van der Waals surface area contributed by atoms with Gasteiger partial charge in [0, 0.05) is 27.5 Å². The minimum Gasteiger partial charge on any atom is -0.321 e. The van der Waals surface area contributed by atoms with Crippen molar-refractivity contribution in [3.05, 3.63) is 87.7 Å². The monoisotopic (exact) mass is 542 g/mol. The van der Waals surface area contributed by atoms with E-state index in [0.29, 0.717) is 21.8 Å². The third-order valence-electron chi connectivity index (χ3n) is 5.09. The van der Waals surface area contributed by atoms with E-state index >= 15 is 0 Å². The van der Waals surface area contributed by atoms with Gasteiger partial charge in [-0.05, 0) is 73.0 Å². The first-order valence-corrected chi connectivity index (χ1v) is 12.9. The number of nitrogens with zero attached hydrogens (tertiary/aromatic N) is 1. The van der Waals surface area contributed by atoms with Gasteiger partial charge in [-0.25, -0.2) is 8.42 Å². The van der Waals surface area contributed by atoms with Crippen molar-refractivity contribution < 1.29 is 18.0 Å². The van der Waals surface area contributed by atoms with Gasteiger partial charge in [-0.3, -0.25) is 13.9 Å². The van der Waals surface area contributed by atoms with E-state index in [4.69, 9.17) is 0 Å². The number of amides is 1. The summed E-state index contributed by atoms with van der Waals surface area (Å²) < 4.78 is 28.9. The Morgan fingerprint density at radius 3 is 2.39 bits per heavy atom. The van der Waals surface area contributed by atoms with Crippen molar-refractivity contribution in [3.63, 3.8) is 0 Å². The fourth-order valence-corrected chi connectivity index (χ4v) is 5.64. The predicted molar refractivity (Wildman–Crippen MR) is 136 cm³/mol. The van der Waals surface area contributed by atoms with Crippen LogP contribution in [0.2, 0.25) is 0 Å². The normalized spacial score (nSPS) is 11.4. The molecule has 0 unspecified atom stereocenters. The van der Waals surface area contributed by atoms with Crippen LogP contribution in [0.4, 0.5) is 11.4 Å². The van der Waals surface area contributed by atoms with Gasteiger partial charge in [0.25, 0.3) is 15.9 Å². The largest absolute Gasteiger partial charge is 0.321 e. The highest BCUT2D eigenvalue weighted by atomic mass is 79.9. The number of hydrogen-bond acceptors (Lipinski definition) is 5. The van der Waals surface area contributed by atoms with Gasteiger partial charge in [0.15, 0.2) is 5.78 Å². The van der Waals surface area contributed by atoms with Crippen LogP contribution in [0.25, 0.3) is 10.1 Å². The molecule has 9 heteroatoms. The number of carbonyl (C=O) groups is 2. The number of ketones is 1. The average Bonchev–Trinajstić information content (AvgIpc) is 3.22. The SMILES string of the molecule is CC(=O)c1cccc(NC(=O)c2cc3cc(N(C)S(=O)(=O)c4ccc(Br)cc4)ccc3s2)c1. The molecule has 0 fully saturated rings. The van der Waals surface area contributed by atoms with E-state index in [9.17, 15) is 18.0 Å². The van der Waals surface area contributed by atoms with Crippen molar-refractivity contribution in [2.45, 2.75) is 11.8 Å². The Bertz CT molecular complexity index is 1480. The number of halogens is 1. The Labute approximate surface area is 204 Å². The third-order valence-corrected chi connectivity index (χ3v) is 8.53. The number of carbonyl (C=O) groups excluding carboxylic acids is 2. The Kier molecular flexibility index (Phi) is 6.38. The van der Waals surface area contributed by atoms with Gasteiger partial charge in [0.2, 0.25) is 0 Å². The van der Waals surface area contributed by atoms with Gasteiger partial charge in [0.1, 0.15) is 0 Å². The Morgan fingerprint density at radius 1 is 0.970 bits per heavy atom. The summed E-state index contributed by atoms with van der Waals surface area (Å²) in [5.74, 6) is -0.378. The van der Waals surface area contributed by atoms with E-state index in [1.807, 2.05) is 0 Å². The molecule has 1 amide bonds. The number of anilines is 2. The number of rotatable bonds is 6. The highest BCUT2D eigenvalue weighted by Crippen LogP contribution is 2.32. The first kappa shape index (κ1) is 23.2. The van der Waals surface area contributed by atoms with E-state index < -0.39 is 10.0 Å². The highest BCUT2D eigenvalue weighted by molar-refractivity contribution is 9.10. The van der Waals surface area contributed by atoms with Gasteiger partial charge in [-0.2, -0.15) is 0 Å². The summed E-state index contributed by atoms with van der Waals surface area (Å²) in [6.07, 6.45) is 0. The molecule has 4 aromatic rings. The minimum atomic E-state index is -3.73. The van der Waals surface area contributed by atoms with Crippen molar-refractivity contribution in [1.29, 1.82) is 0 Å². The fourth-order valence-electron chi connectivity index (χ4n) is 3.25. The third kappa shape index (κ3) is 4.85. The molecule has 0 saturated carbocycles. The van der Waals surface area contributed by atoms with Gasteiger partial charge >= 0.3 is 0 Å². The molecular weight excluding hydrogens is 524 g/mol. The average molecular weight is 543 g/mol. The second-order valence-corrected chi connectivity index (χ2v) is 11.3. The molecule has 1 heterocycles. The van der Waals surface area contributed by atoms with E-state index in [2.05, 4.69) is 21.2 Å². The molecule has 0 saturated heterocycles. The van der Waals surface area contributed by atoms with Crippen LogP contribution in [0, 0.1) is 0 Å². The molecule has 1 N–H and O–H groups in total. The number of sulfonamides is 1. The first-order chi connectivity index (χ1) is 15.6. The number of fused-ring (bicyclic) bond motifs is 1. The Morgan fingerprint density at radius 2 is 1.70 bits per heavy atom. The number of thiophene rings is 1. The summed E-state index contributed by atoms with van der Waals surface area (Å²) >= 11 is 4.62. The van der Waals surface area contributed by atoms with Crippen molar-refractivity contribution in [3.8, 4) is 0 Å². The molecule has 33 heavy (non-hydrogen) atoms. The number of Topliss-reactive ketones (excluding diaryl/α,β-unsaturated/α-hetero) is 1. The maximum atomic E-state index is 13.0. The molecule has 3 aromatic carbocycles. The number of benzene rings is 3. The van der Waals surface area contributed by atoms with Crippen LogP contribution in [0.15, 0.2) is 82.2 Å². The lowest BCUT2D eigenvalue weighted by Gasteiger charge is -2.19. The summed E-state index contributed by atoms with van der Waals surface area (Å²) in [5.41, 5.74) is 1.54. The Hall–Kier alpha value is -3.01. The standard InChI is InChI=1S/C24H19BrN2O4S2/c1-15(28)16-4-3-5-19(12-16)26-24(29)23-14-17-13-20(8-11-22(17)32-23)27(2)33(30,31)21-9-6-18(25)7-10-21/h3-14H,1-2H3,(H,26,29).